The summed E-state index contributed by atoms with van der Waals surface area (Å²) in [7, 11) is 0. The number of aryl methyl sites for hydroxylation is 1. The number of aromatic nitrogens is 3. The normalized spacial score (nSPS) is 10.9. The van der Waals surface area contributed by atoms with Crippen LogP contribution in [-0.2, 0) is 4.79 Å². The highest BCUT2D eigenvalue weighted by Crippen LogP contribution is 2.28. The zero-order chi connectivity index (χ0) is 24.2. The van der Waals surface area contributed by atoms with E-state index in [1.165, 1.54) is 16.3 Å². The maximum absolute atomic E-state index is 13.4. The molecule has 3 aromatic carbocycles. The van der Waals surface area contributed by atoms with Crippen molar-refractivity contribution in [1.29, 1.82) is 0 Å². The van der Waals surface area contributed by atoms with Gasteiger partial charge in [0.2, 0.25) is 5.91 Å². The Morgan fingerprint density at radius 1 is 0.943 bits per heavy atom. The molecular formula is C28H22N4O2S. The minimum atomic E-state index is -0.217. The van der Waals surface area contributed by atoms with E-state index in [-0.39, 0.29) is 17.2 Å². The average Bonchev–Trinajstić information content (AvgIpc) is 2.88. The van der Waals surface area contributed by atoms with Crippen molar-refractivity contribution < 1.29 is 4.79 Å². The van der Waals surface area contributed by atoms with Crippen LogP contribution < -0.4 is 10.9 Å². The molecule has 0 aliphatic carbocycles. The summed E-state index contributed by atoms with van der Waals surface area (Å²) in [5.41, 5.74) is 4.03. The molecule has 1 amide bonds. The van der Waals surface area contributed by atoms with Gasteiger partial charge in [0.25, 0.3) is 5.56 Å². The van der Waals surface area contributed by atoms with Crippen LogP contribution in [0.3, 0.4) is 0 Å². The second kappa shape index (κ2) is 9.95. The van der Waals surface area contributed by atoms with E-state index in [2.05, 4.69) is 10.3 Å². The minimum Gasteiger partial charge on any atom is -0.325 e. The number of nitrogens with zero attached hydrogens (tertiary/aromatic N) is 3. The van der Waals surface area contributed by atoms with Gasteiger partial charge < -0.3 is 5.32 Å². The average molecular weight is 479 g/mol. The molecule has 7 heteroatoms. The van der Waals surface area contributed by atoms with Crippen LogP contribution in [-0.4, -0.2) is 26.2 Å². The predicted molar refractivity (Wildman–Crippen MR) is 141 cm³/mol. The molecule has 0 fully saturated rings. The molecule has 0 saturated carbocycles. The molecule has 0 aliphatic rings. The molecule has 5 aromatic rings. The quantitative estimate of drug-likeness (QED) is 0.258. The van der Waals surface area contributed by atoms with Gasteiger partial charge in [0.05, 0.1) is 16.7 Å². The monoisotopic (exact) mass is 478 g/mol. The molecule has 1 N–H and O–H groups in total. The maximum atomic E-state index is 13.4. The van der Waals surface area contributed by atoms with Crippen LogP contribution in [0, 0.1) is 6.92 Å². The number of rotatable bonds is 6. The zero-order valence-electron chi connectivity index (χ0n) is 19.0. The first kappa shape index (κ1) is 22.6. The predicted octanol–water partition coefficient (Wildman–Crippen LogP) is 5.49. The molecule has 2 heterocycles. The van der Waals surface area contributed by atoms with E-state index in [4.69, 9.17) is 4.98 Å². The Balaban J connectivity index is 1.45. The Morgan fingerprint density at radius 2 is 1.69 bits per heavy atom. The lowest BCUT2D eigenvalue weighted by atomic mass is 10.0. The van der Waals surface area contributed by atoms with Crippen LogP contribution in [0.1, 0.15) is 5.56 Å². The smallest absolute Gasteiger partial charge is 0.267 e. The molecule has 5 rings (SSSR count). The summed E-state index contributed by atoms with van der Waals surface area (Å²) >= 11 is 1.21. The van der Waals surface area contributed by atoms with Gasteiger partial charge in [0.1, 0.15) is 5.82 Å². The van der Waals surface area contributed by atoms with Gasteiger partial charge in [0, 0.05) is 17.4 Å². The van der Waals surface area contributed by atoms with Crippen molar-refractivity contribution in [2.75, 3.05) is 11.1 Å². The van der Waals surface area contributed by atoms with Crippen molar-refractivity contribution in [2.45, 2.75) is 12.1 Å². The highest BCUT2D eigenvalue weighted by Gasteiger charge is 2.16. The van der Waals surface area contributed by atoms with Crippen molar-refractivity contribution in [3.8, 4) is 16.9 Å². The summed E-state index contributed by atoms with van der Waals surface area (Å²) in [6, 6.07) is 28.5. The van der Waals surface area contributed by atoms with Crippen molar-refractivity contribution >= 4 is 34.3 Å². The Hall–Kier alpha value is -4.23. The van der Waals surface area contributed by atoms with E-state index in [0.29, 0.717) is 21.9 Å². The van der Waals surface area contributed by atoms with E-state index in [1.54, 1.807) is 18.3 Å². The summed E-state index contributed by atoms with van der Waals surface area (Å²) in [5, 5.41) is 3.93. The number of pyridine rings is 1. The number of anilines is 1. The highest BCUT2D eigenvalue weighted by atomic mass is 32.2. The van der Waals surface area contributed by atoms with Crippen LogP contribution in [0.5, 0.6) is 0 Å². The van der Waals surface area contributed by atoms with Gasteiger partial charge in [-0.05, 0) is 48.4 Å². The van der Waals surface area contributed by atoms with Gasteiger partial charge in [-0.25, -0.2) is 14.5 Å². The summed E-state index contributed by atoms with van der Waals surface area (Å²) in [5.74, 6) is 0.370. The molecular weight excluding hydrogens is 456 g/mol. The molecule has 2 aromatic heterocycles. The number of amides is 1. The number of fused-ring (bicyclic) bond motifs is 1. The third-order valence-electron chi connectivity index (χ3n) is 5.49. The van der Waals surface area contributed by atoms with Crippen LogP contribution >= 0.6 is 11.8 Å². The van der Waals surface area contributed by atoms with Gasteiger partial charge in [0.15, 0.2) is 5.16 Å². The fraction of sp³-hybridized carbons (Fsp3) is 0.0714. The van der Waals surface area contributed by atoms with Crippen LogP contribution in [0.4, 0.5) is 5.69 Å². The van der Waals surface area contributed by atoms with Crippen molar-refractivity contribution in [1.82, 2.24) is 14.5 Å². The maximum Gasteiger partial charge on any atom is 0.267 e. The van der Waals surface area contributed by atoms with Gasteiger partial charge >= 0.3 is 0 Å². The minimum absolute atomic E-state index is 0.0831. The largest absolute Gasteiger partial charge is 0.325 e. The number of nitrogens with one attached hydrogen (secondary N) is 1. The molecule has 172 valence electrons. The van der Waals surface area contributed by atoms with E-state index in [0.717, 1.165) is 22.4 Å². The second-order valence-corrected chi connectivity index (χ2v) is 8.93. The fourth-order valence-electron chi connectivity index (χ4n) is 3.83. The lowest BCUT2D eigenvalue weighted by molar-refractivity contribution is -0.113. The van der Waals surface area contributed by atoms with Gasteiger partial charge in [-0.3, -0.25) is 9.59 Å². The summed E-state index contributed by atoms with van der Waals surface area (Å²) in [6.45, 7) is 1.94. The number of benzene rings is 3. The van der Waals surface area contributed by atoms with E-state index < -0.39 is 0 Å². The van der Waals surface area contributed by atoms with E-state index in [9.17, 15) is 9.59 Å². The summed E-state index contributed by atoms with van der Waals surface area (Å²) in [4.78, 5) is 35.4. The van der Waals surface area contributed by atoms with Crippen LogP contribution in [0.2, 0.25) is 0 Å². The number of hydrogen-bond acceptors (Lipinski definition) is 5. The molecule has 0 unspecified atom stereocenters. The van der Waals surface area contributed by atoms with Gasteiger partial charge in [-0.15, -0.1) is 0 Å². The second-order valence-electron chi connectivity index (χ2n) is 7.99. The van der Waals surface area contributed by atoms with Crippen LogP contribution in [0.15, 0.2) is 107 Å². The van der Waals surface area contributed by atoms with E-state index in [1.807, 2.05) is 85.8 Å². The molecule has 0 spiro atoms. The first-order valence-corrected chi connectivity index (χ1v) is 12.1. The standard InChI is InChI=1S/C28H22N4O2S/c1-19-15-16-29-25(17-19)32-27(34)22-12-6-8-14-24(22)31-28(32)35-18-26(33)30-23-13-7-5-11-21(23)20-9-3-2-4-10-20/h2-17H,18H2,1H3,(H,30,33). The number of carbonyl (C=O) groups excluding carboxylic acids is 1. The van der Waals surface area contributed by atoms with Crippen molar-refractivity contribution in [3.63, 3.8) is 0 Å². The molecule has 6 nitrogen and oxygen atoms in total. The highest BCUT2D eigenvalue weighted by molar-refractivity contribution is 7.99. The first-order valence-electron chi connectivity index (χ1n) is 11.1. The molecule has 35 heavy (non-hydrogen) atoms. The summed E-state index contributed by atoms with van der Waals surface area (Å²) < 4.78 is 1.48. The number of thioether (sulfide) groups is 1. The molecule has 0 atom stereocenters. The topological polar surface area (TPSA) is 76.9 Å². The molecule has 0 bridgehead atoms. The Bertz CT molecular complexity index is 1580. The lowest BCUT2D eigenvalue weighted by Crippen LogP contribution is -2.23. The Kier molecular flexibility index (Phi) is 6.41. The van der Waals surface area contributed by atoms with Gasteiger partial charge in [-0.1, -0.05) is 72.4 Å². The third-order valence-corrected chi connectivity index (χ3v) is 6.43. The first-order chi connectivity index (χ1) is 17.1. The van der Waals surface area contributed by atoms with Gasteiger partial charge in [-0.2, -0.15) is 0 Å². The molecule has 0 radical (unpaired) electrons. The Morgan fingerprint density at radius 3 is 2.51 bits per heavy atom. The van der Waals surface area contributed by atoms with E-state index >= 15 is 0 Å². The number of carbonyl (C=O) groups is 1. The van der Waals surface area contributed by atoms with Crippen molar-refractivity contribution in [2.24, 2.45) is 0 Å². The number of hydrogen-bond donors (Lipinski definition) is 1. The molecule has 0 saturated heterocycles. The van der Waals surface area contributed by atoms with Crippen molar-refractivity contribution in [3.05, 3.63) is 113 Å². The zero-order valence-corrected chi connectivity index (χ0v) is 19.8. The molecule has 0 aliphatic heterocycles. The summed E-state index contributed by atoms with van der Waals surface area (Å²) in [6.07, 6.45) is 1.66. The third kappa shape index (κ3) is 4.85. The van der Waals surface area contributed by atoms with Crippen LogP contribution in [0.25, 0.3) is 27.8 Å². The number of para-hydroxylation sites is 2. The fourth-order valence-corrected chi connectivity index (χ4v) is 4.63. The Labute approximate surface area is 206 Å². The lowest BCUT2D eigenvalue weighted by Gasteiger charge is -2.14. The SMILES string of the molecule is Cc1ccnc(-n2c(SCC(=O)Nc3ccccc3-c3ccccc3)nc3ccccc3c2=O)c1.